The minimum absolute atomic E-state index is 0.211. The average Bonchev–Trinajstić information content (AvgIpc) is 3.11. The van der Waals surface area contributed by atoms with Gasteiger partial charge in [0.15, 0.2) is 0 Å². The molecule has 1 heterocycles. The van der Waals surface area contributed by atoms with E-state index in [2.05, 4.69) is 10.2 Å². The number of carbonyl (C=O) groups is 1. The summed E-state index contributed by atoms with van der Waals surface area (Å²) < 4.78 is 37.9. The number of alkyl halides is 3. The van der Waals surface area contributed by atoms with Crippen molar-refractivity contribution in [2.24, 2.45) is 5.92 Å². The highest BCUT2D eigenvalue weighted by Crippen LogP contribution is 2.29. The van der Waals surface area contributed by atoms with Crippen LogP contribution in [0.5, 0.6) is 0 Å². The second kappa shape index (κ2) is 9.37. The summed E-state index contributed by atoms with van der Waals surface area (Å²) in [6.45, 7) is 3.08. The highest BCUT2D eigenvalue weighted by Gasteiger charge is 2.30. The number of rotatable bonds is 6. The molecular formula is C21H21Cl2F3N2O. The molecule has 0 aliphatic carbocycles. The third-order valence-corrected chi connectivity index (χ3v) is 5.48. The van der Waals surface area contributed by atoms with Crippen LogP contribution in [0.15, 0.2) is 42.5 Å². The number of likely N-dealkylation sites (tertiary alicyclic amines) is 1. The normalized spacial score (nSPS) is 17.5. The van der Waals surface area contributed by atoms with Gasteiger partial charge in [-0.25, -0.2) is 0 Å². The maximum absolute atomic E-state index is 12.6. The van der Waals surface area contributed by atoms with Gasteiger partial charge in [0, 0.05) is 35.2 Å². The van der Waals surface area contributed by atoms with Crippen LogP contribution in [-0.2, 0) is 12.6 Å². The molecule has 2 aromatic rings. The summed E-state index contributed by atoms with van der Waals surface area (Å²) in [4.78, 5) is 14.5. The Morgan fingerprint density at radius 2 is 1.76 bits per heavy atom. The molecule has 1 amide bonds. The van der Waals surface area contributed by atoms with Crippen molar-refractivity contribution in [3.8, 4) is 0 Å². The third-order valence-electron chi connectivity index (χ3n) is 5.04. The molecule has 1 aliphatic heterocycles. The molecule has 0 bridgehead atoms. The molecule has 0 saturated carbocycles. The van der Waals surface area contributed by atoms with Crippen molar-refractivity contribution < 1.29 is 18.0 Å². The predicted octanol–water partition coefficient (Wildman–Crippen LogP) is 5.31. The molecule has 0 unspecified atom stereocenters. The third kappa shape index (κ3) is 6.36. The lowest BCUT2D eigenvalue weighted by atomic mass is 10.1. The van der Waals surface area contributed by atoms with Crippen LogP contribution in [0.25, 0.3) is 0 Å². The molecule has 0 radical (unpaired) electrons. The smallest absolute Gasteiger partial charge is 0.352 e. The maximum atomic E-state index is 12.6. The average molecular weight is 445 g/mol. The molecule has 1 saturated heterocycles. The molecule has 1 fully saturated rings. The lowest BCUT2D eigenvalue weighted by molar-refractivity contribution is -0.137. The van der Waals surface area contributed by atoms with Crippen LogP contribution in [0.4, 0.5) is 13.2 Å². The molecule has 3 nitrogen and oxygen atoms in total. The second-order valence-corrected chi connectivity index (χ2v) is 8.14. The van der Waals surface area contributed by atoms with Gasteiger partial charge in [0.1, 0.15) is 0 Å². The zero-order valence-electron chi connectivity index (χ0n) is 15.6. The largest absolute Gasteiger partial charge is 0.416 e. The van der Waals surface area contributed by atoms with Gasteiger partial charge in [0.25, 0.3) is 5.91 Å². The van der Waals surface area contributed by atoms with Crippen LogP contribution < -0.4 is 5.32 Å². The van der Waals surface area contributed by atoms with E-state index < -0.39 is 11.7 Å². The van der Waals surface area contributed by atoms with Gasteiger partial charge in [-0.1, -0.05) is 35.3 Å². The molecule has 1 aliphatic rings. The predicted molar refractivity (Wildman–Crippen MR) is 108 cm³/mol. The number of benzene rings is 2. The van der Waals surface area contributed by atoms with E-state index in [4.69, 9.17) is 23.2 Å². The van der Waals surface area contributed by atoms with E-state index in [1.165, 1.54) is 12.1 Å². The number of amides is 1. The number of hydrogen-bond donors (Lipinski definition) is 1. The summed E-state index contributed by atoms with van der Waals surface area (Å²) in [5.41, 5.74) is 0.687. The summed E-state index contributed by atoms with van der Waals surface area (Å²) in [7, 11) is 0. The van der Waals surface area contributed by atoms with Crippen molar-refractivity contribution in [1.82, 2.24) is 10.2 Å². The molecule has 1 N–H and O–H groups in total. The SMILES string of the molecule is O=C(NC[C@H]1CCN(CCc2ccc(C(F)(F)F)cc2)C1)c1cc(Cl)cc(Cl)c1. The first-order valence-electron chi connectivity index (χ1n) is 9.33. The van der Waals surface area contributed by atoms with Crippen LogP contribution in [-0.4, -0.2) is 37.0 Å². The molecular weight excluding hydrogens is 424 g/mol. The molecule has 29 heavy (non-hydrogen) atoms. The fraction of sp³-hybridized carbons (Fsp3) is 0.381. The Balaban J connectivity index is 1.42. The summed E-state index contributed by atoms with van der Waals surface area (Å²) in [5, 5.41) is 3.75. The Kier molecular flexibility index (Phi) is 7.09. The van der Waals surface area contributed by atoms with Crippen molar-refractivity contribution in [3.05, 3.63) is 69.2 Å². The fourth-order valence-electron chi connectivity index (χ4n) is 3.45. The van der Waals surface area contributed by atoms with Gasteiger partial charge in [0.05, 0.1) is 5.56 Å². The topological polar surface area (TPSA) is 32.3 Å². The van der Waals surface area contributed by atoms with E-state index in [1.807, 2.05) is 0 Å². The zero-order valence-corrected chi connectivity index (χ0v) is 17.1. The molecule has 8 heteroatoms. The molecule has 1 atom stereocenters. The Morgan fingerprint density at radius 3 is 2.38 bits per heavy atom. The summed E-state index contributed by atoms with van der Waals surface area (Å²) in [6.07, 6.45) is -2.65. The minimum Gasteiger partial charge on any atom is -0.352 e. The lowest BCUT2D eigenvalue weighted by Crippen LogP contribution is -2.31. The summed E-state index contributed by atoms with van der Waals surface area (Å²) in [6, 6.07) is 10.0. The standard InChI is InChI=1S/C21H21Cl2F3N2O/c22-18-9-16(10-19(23)11-18)20(29)27-12-15-6-8-28(13-15)7-5-14-1-3-17(4-2-14)21(24,25)26/h1-4,9-11,15H,5-8,12-13H2,(H,27,29)/t15-/m1/s1. The van der Waals surface area contributed by atoms with Gasteiger partial charge in [-0.3, -0.25) is 4.79 Å². The van der Waals surface area contributed by atoms with E-state index >= 15 is 0 Å². The molecule has 3 rings (SSSR count). The monoisotopic (exact) mass is 444 g/mol. The van der Waals surface area contributed by atoms with Crippen molar-refractivity contribution in [1.29, 1.82) is 0 Å². The number of halogens is 5. The first kappa shape index (κ1) is 21.9. The Labute approximate surface area is 177 Å². The van der Waals surface area contributed by atoms with E-state index in [-0.39, 0.29) is 5.91 Å². The van der Waals surface area contributed by atoms with E-state index in [0.29, 0.717) is 34.5 Å². The number of nitrogens with zero attached hydrogens (tertiary/aromatic N) is 1. The van der Waals surface area contributed by atoms with Crippen LogP contribution in [0.1, 0.15) is 27.9 Å². The van der Waals surface area contributed by atoms with Crippen molar-refractivity contribution in [3.63, 3.8) is 0 Å². The van der Waals surface area contributed by atoms with Gasteiger partial charge in [0.2, 0.25) is 0 Å². The fourth-order valence-corrected chi connectivity index (χ4v) is 3.98. The highest BCUT2D eigenvalue weighted by atomic mass is 35.5. The Bertz CT molecular complexity index is 836. The number of carbonyl (C=O) groups excluding carboxylic acids is 1. The van der Waals surface area contributed by atoms with Crippen LogP contribution in [0.3, 0.4) is 0 Å². The van der Waals surface area contributed by atoms with Crippen LogP contribution in [0, 0.1) is 5.92 Å². The number of nitrogens with one attached hydrogen (secondary N) is 1. The summed E-state index contributed by atoms with van der Waals surface area (Å²) in [5.74, 6) is 0.124. The molecule has 2 aromatic carbocycles. The van der Waals surface area contributed by atoms with E-state index in [9.17, 15) is 18.0 Å². The quantitative estimate of drug-likeness (QED) is 0.654. The van der Waals surface area contributed by atoms with E-state index in [0.717, 1.165) is 43.8 Å². The molecule has 0 aromatic heterocycles. The van der Waals surface area contributed by atoms with Crippen molar-refractivity contribution >= 4 is 29.1 Å². The highest BCUT2D eigenvalue weighted by molar-refractivity contribution is 6.35. The minimum atomic E-state index is -4.30. The van der Waals surface area contributed by atoms with Crippen molar-refractivity contribution in [2.75, 3.05) is 26.2 Å². The van der Waals surface area contributed by atoms with Gasteiger partial charge in [-0.05, 0) is 61.2 Å². The van der Waals surface area contributed by atoms with Gasteiger partial charge in [-0.2, -0.15) is 13.2 Å². The number of hydrogen-bond acceptors (Lipinski definition) is 2. The molecule has 0 spiro atoms. The lowest BCUT2D eigenvalue weighted by Gasteiger charge is -2.16. The van der Waals surface area contributed by atoms with Gasteiger partial charge >= 0.3 is 6.18 Å². The van der Waals surface area contributed by atoms with Crippen LogP contribution in [0.2, 0.25) is 10.0 Å². The first-order valence-corrected chi connectivity index (χ1v) is 10.1. The second-order valence-electron chi connectivity index (χ2n) is 7.27. The Morgan fingerprint density at radius 1 is 1.10 bits per heavy atom. The van der Waals surface area contributed by atoms with Gasteiger partial charge < -0.3 is 10.2 Å². The zero-order chi connectivity index (χ0) is 21.0. The maximum Gasteiger partial charge on any atom is 0.416 e. The van der Waals surface area contributed by atoms with E-state index in [1.54, 1.807) is 18.2 Å². The van der Waals surface area contributed by atoms with Crippen molar-refractivity contribution in [2.45, 2.75) is 19.0 Å². The molecule has 156 valence electrons. The van der Waals surface area contributed by atoms with Gasteiger partial charge in [-0.15, -0.1) is 0 Å². The van der Waals surface area contributed by atoms with Crippen LogP contribution >= 0.6 is 23.2 Å². The summed E-state index contributed by atoms with van der Waals surface area (Å²) >= 11 is 11.9. The first-order chi connectivity index (χ1) is 13.7. The Hall–Kier alpha value is -1.76.